The number of fused-ring (bicyclic) bond motifs is 4. The van der Waals surface area contributed by atoms with Gasteiger partial charge in [-0.1, -0.05) is 32.4 Å². The number of allylic oxidation sites excluding steroid dienone is 2. The maximum atomic E-state index is 13.9. The molecule has 0 radical (unpaired) electrons. The first-order valence-corrected chi connectivity index (χ1v) is 12.9. The molecule has 4 aliphatic rings. The number of esters is 2. The van der Waals surface area contributed by atoms with Crippen molar-refractivity contribution in [3.8, 4) is 0 Å². The first-order valence-electron chi connectivity index (χ1n) is 12.9. The maximum Gasteiger partial charge on any atom is 0.305 e. The Kier molecular flexibility index (Phi) is 6.07. The molecule has 200 valence electrons. The largest absolute Gasteiger partial charge is 0.472 e. The van der Waals surface area contributed by atoms with Crippen molar-refractivity contribution in [2.75, 3.05) is 13.7 Å². The lowest BCUT2D eigenvalue weighted by Crippen LogP contribution is -2.69. The van der Waals surface area contributed by atoms with Crippen LogP contribution in [0.1, 0.15) is 58.9 Å². The molecule has 0 spiro atoms. The molecule has 8 nitrogen and oxygen atoms in total. The highest BCUT2D eigenvalue weighted by Gasteiger charge is 2.74. The standard InChI is InChI=1S/C29H36O8/c1-15-18(17-8-10-35-13-17)11-19-23(15)29(5)20(12-22(33)34-6)28(4)21(32)7-9-27(3,14-30)25(28)24(26(29)37-19)36-16(2)31/h7-10,13,18-20,24-26,30H,11-12,14H2,1-6H3/t18-,19?,20-,24-,25?,26-,27+,28+,29-/m1/s1. The van der Waals surface area contributed by atoms with Gasteiger partial charge < -0.3 is 23.7 Å². The van der Waals surface area contributed by atoms with Crippen LogP contribution in [0.2, 0.25) is 0 Å². The van der Waals surface area contributed by atoms with Gasteiger partial charge in [0.15, 0.2) is 5.78 Å². The molecule has 0 bridgehead atoms. The molecule has 1 aliphatic heterocycles. The number of furan rings is 1. The Morgan fingerprint density at radius 1 is 1.22 bits per heavy atom. The average molecular weight is 513 g/mol. The SMILES string of the molecule is COC(=O)C[C@H]1[C@]2(C)C3=C(C)[C@H](c4ccoc4)CC3O[C@@H]2[C@H](OC(C)=O)C2[C@](C)(CO)C=CC(=O)[C@@]21C. The number of methoxy groups -OCH3 is 1. The topological polar surface area (TPSA) is 112 Å². The van der Waals surface area contributed by atoms with Crippen LogP contribution in [0, 0.1) is 28.1 Å². The number of ether oxygens (including phenoxy) is 3. The van der Waals surface area contributed by atoms with Gasteiger partial charge in [0.05, 0.1) is 38.8 Å². The van der Waals surface area contributed by atoms with Gasteiger partial charge in [-0.15, -0.1) is 0 Å². The number of aliphatic hydroxyl groups is 1. The van der Waals surface area contributed by atoms with Crippen molar-refractivity contribution in [2.24, 2.45) is 28.1 Å². The van der Waals surface area contributed by atoms with E-state index in [1.54, 1.807) is 18.6 Å². The summed E-state index contributed by atoms with van der Waals surface area (Å²) in [5.74, 6) is -2.10. The van der Waals surface area contributed by atoms with E-state index >= 15 is 0 Å². The second-order valence-corrected chi connectivity index (χ2v) is 11.8. The van der Waals surface area contributed by atoms with Crippen LogP contribution in [-0.4, -0.2) is 54.9 Å². The molecule has 0 aromatic carbocycles. The Balaban J connectivity index is 1.76. The molecule has 2 heterocycles. The molecule has 9 atom stereocenters. The van der Waals surface area contributed by atoms with E-state index in [1.807, 2.05) is 26.8 Å². The lowest BCUT2D eigenvalue weighted by Gasteiger charge is -2.62. The second kappa shape index (κ2) is 8.67. The van der Waals surface area contributed by atoms with Crippen molar-refractivity contribution in [3.05, 3.63) is 47.5 Å². The van der Waals surface area contributed by atoms with Gasteiger partial charge in [0.1, 0.15) is 12.2 Å². The van der Waals surface area contributed by atoms with Crippen LogP contribution in [-0.2, 0) is 28.6 Å². The zero-order valence-electron chi connectivity index (χ0n) is 22.3. The zero-order valence-corrected chi connectivity index (χ0v) is 22.3. The van der Waals surface area contributed by atoms with Gasteiger partial charge in [0, 0.05) is 35.0 Å². The van der Waals surface area contributed by atoms with Gasteiger partial charge in [-0.3, -0.25) is 14.4 Å². The van der Waals surface area contributed by atoms with Crippen LogP contribution in [0.15, 0.2) is 46.3 Å². The quantitative estimate of drug-likeness (QED) is 0.469. The molecule has 1 aromatic heterocycles. The molecule has 3 aliphatic carbocycles. The number of carbonyl (C=O) groups is 3. The number of aliphatic hydroxyl groups excluding tert-OH is 1. The summed E-state index contributed by atoms with van der Waals surface area (Å²) in [5.41, 5.74) is 0.423. The number of ketones is 1. The third-order valence-corrected chi connectivity index (χ3v) is 9.97. The van der Waals surface area contributed by atoms with Gasteiger partial charge in [0.2, 0.25) is 0 Å². The first kappa shape index (κ1) is 25.9. The number of hydrogen-bond acceptors (Lipinski definition) is 8. The summed E-state index contributed by atoms with van der Waals surface area (Å²) in [6.45, 7) is 8.94. The highest BCUT2D eigenvalue weighted by atomic mass is 16.6. The van der Waals surface area contributed by atoms with Gasteiger partial charge in [-0.2, -0.15) is 0 Å². The Labute approximate surface area is 217 Å². The third-order valence-electron chi connectivity index (χ3n) is 9.97. The lowest BCUT2D eigenvalue weighted by molar-refractivity contribution is -0.226. The van der Waals surface area contributed by atoms with Crippen LogP contribution < -0.4 is 0 Å². The first-order chi connectivity index (χ1) is 17.4. The molecule has 2 fully saturated rings. The molecule has 1 saturated heterocycles. The van der Waals surface area contributed by atoms with Crippen LogP contribution in [0.25, 0.3) is 0 Å². The monoisotopic (exact) mass is 512 g/mol. The summed E-state index contributed by atoms with van der Waals surface area (Å²) < 4.78 is 23.3. The minimum atomic E-state index is -1.13. The summed E-state index contributed by atoms with van der Waals surface area (Å²) in [5, 5.41) is 10.6. The van der Waals surface area contributed by atoms with E-state index in [1.165, 1.54) is 20.1 Å². The third kappa shape index (κ3) is 3.44. The predicted molar refractivity (Wildman–Crippen MR) is 132 cm³/mol. The van der Waals surface area contributed by atoms with E-state index in [0.29, 0.717) is 6.42 Å². The Hall–Kier alpha value is -2.71. The van der Waals surface area contributed by atoms with Crippen molar-refractivity contribution < 1.29 is 38.1 Å². The highest BCUT2D eigenvalue weighted by Crippen LogP contribution is 2.70. The normalized spacial score (nSPS) is 42.3. The smallest absolute Gasteiger partial charge is 0.305 e. The lowest BCUT2D eigenvalue weighted by atomic mass is 9.41. The summed E-state index contributed by atoms with van der Waals surface area (Å²) >= 11 is 0. The van der Waals surface area contributed by atoms with Crippen molar-refractivity contribution in [1.82, 2.24) is 0 Å². The van der Waals surface area contributed by atoms with Crippen molar-refractivity contribution in [3.63, 3.8) is 0 Å². The van der Waals surface area contributed by atoms with E-state index in [9.17, 15) is 19.5 Å². The van der Waals surface area contributed by atoms with Gasteiger partial charge in [-0.05, 0) is 42.5 Å². The molecular weight excluding hydrogens is 476 g/mol. The van der Waals surface area contributed by atoms with Crippen LogP contribution in [0.3, 0.4) is 0 Å². The fraction of sp³-hybridized carbons (Fsp3) is 0.621. The zero-order chi connectivity index (χ0) is 26.9. The van der Waals surface area contributed by atoms with Crippen LogP contribution >= 0.6 is 0 Å². The predicted octanol–water partition coefficient (Wildman–Crippen LogP) is 3.74. The van der Waals surface area contributed by atoms with Crippen LogP contribution in [0.4, 0.5) is 0 Å². The summed E-state index contributed by atoms with van der Waals surface area (Å²) in [6, 6.07) is 1.95. The highest BCUT2D eigenvalue weighted by molar-refractivity contribution is 5.97. The van der Waals surface area contributed by atoms with E-state index < -0.39 is 52.2 Å². The van der Waals surface area contributed by atoms with Gasteiger partial charge >= 0.3 is 11.9 Å². The van der Waals surface area contributed by atoms with Gasteiger partial charge in [0.25, 0.3) is 0 Å². The van der Waals surface area contributed by atoms with E-state index in [0.717, 1.165) is 16.7 Å². The summed E-state index contributed by atoms with van der Waals surface area (Å²) in [4.78, 5) is 39.2. The Morgan fingerprint density at radius 3 is 2.54 bits per heavy atom. The molecule has 1 aromatic rings. The van der Waals surface area contributed by atoms with E-state index in [2.05, 4.69) is 6.92 Å². The van der Waals surface area contributed by atoms with E-state index in [4.69, 9.17) is 18.6 Å². The fourth-order valence-corrected chi connectivity index (χ4v) is 8.42. The van der Waals surface area contributed by atoms with Crippen molar-refractivity contribution in [1.29, 1.82) is 0 Å². The Bertz CT molecular complexity index is 1180. The minimum absolute atomic E-state index is 0.00633. The minimum Gasteiger partial charge on any atom is -0.472 e. The summed E-state index contributed by atoms with van der Waals surface area (Å²) in [7, 11) is 1.34. The molecular formula is C29H36O8. The molecule has 1 saturated carbocycles. The maximum absolute atomic E-state index is 13.9. The van der Waals surface area contributed by atoms with Crippen LogP contribution in [0.5, 0.6) is 0 Å². The molecule has 8 heteroatoms. The van der Waals surface area contributed by atoms with Crippen molar-refractivity contribution >= 4 is 17.7 Å². The second-order valence-electron chi connectivity index (χ2n) is 11.8. The number of carbonyl (C=O) groups excluding carboxylic acids is 3. The van der Waals surface area contributed by atoms with Gasteiger partial charge in [-0.25, -0.2) is 0 Å². The molecule has 5 rings (SSSR count). The fourth-order valence-electron chi connectivity index (χ4n) is 8.42. The van der Waals surface area contributed by atoms with E-state index in [-0.39, 0.29) is 30.8 Å². The molecule has 1 N–H and O–H groups in total. The molecule has 37 heavy (non-hydrogen) atoms. The average Bonchev–Trinajstić information content (AvgIpc) is 3.56. The molecule has 2 unspecified atom stereocenters. The number of hydrogen-bond donors (Lipinski definition) is 1. The number of rotatable bonds is 5. The Morgan fingerprint density at radius 2 is 1.95 bits per heavy atom. The summed E-state index contributed by atoms with van der Waals surface area (Å²) in [6.07, 6.45) is 5.64. The molecule has 0 amide bonds. The van der Waals surface area contributed by atoms with Crippen molar-refractivity contribution in [2.45, 2.75) is 71.7 Å².